The van der Waals surface area contributed by atoms with Crippen LogP contribution < -0.4 is 0 Å². The summed E-state index contributed by atoms with van der Waals surface area (Å²) in [6, 6.07) is 4.32. The number of pyridine rings is 1. The van der Waals surface area contributed by atoms with Crippen molar-refractivity contribution < 1.29 is 5.11 Å². The van der Waals surface area contributed by atoms with E-state index in [-0.39, 0.29) is 5.54 Å². The number of nitrogens with zero attached hydrogens (tertiary/aromatic N) is 4. The van der Waals surface area contributed by atoms with Crippen LogP contribution in [-0.4, -0.2) is 24.9 Å². The number of aliphatic hydroxyl groups is 1. The molecule has 5 rings (SSSR count). The summed E-state index contributed by atoms with van der Waals surface area (Å²) in [4.78, 5) is 7.52. The molecule has 3 aromatic heterocycles. The standard InChI is InChI=1S/C19H19N5O/c1-18(25)14-10-22-17-15(14)12(4-9-21-17)13-11-24(23-16(13)18)19(7-8-20)5-2-3-6-19/h4,9-11,25H,2-3,5-7H2,1H3,(H,21,22). The Morgan fingerprint density at radius 3 is 2.92 bits per heavy atom. The molecule has 2 aliphatic rings. The molecule has 0 aromatic carbocycles. The van der Waals surface area contributed by atoms with Crippen molar-refractivity contribution in [3.63, 3.8) is 0 Å². The molecule has 3 heterocycles. The summed E-state index contributed by atoms with van der Waals surface area (Å²) in [5.41, 5.74) is 2.80. The van der Waals surface area contributed by atoms with Crippen molar-refractivity contribution in [2.75, 3.05) is 0 Å². The van der Waals surface area contributed by atoms with Crippen LogP contribution >= 0.6 is 0 Å². The minimum Gasteiger partial charge on any atom is -0.379 e. The van der Waals surface area contributed by atoms with Gasteiger partial charge in [-0.25, -0.2) is 4.98 Å². The van der Waals surface area contributed by atoms with Gasteiger partial charge in [0.25, 0.3) is 0 Å². The third kappa shape index (κ3) is 1.76. The molecular formula is C19H19N5O. The summed E-state index contributed by atoms with van der Waals surface area (Å²) < 4.78 is 1.96. The number of rotatable bonds is 2. The number of hydrogen-bond acceptors (Lipinski definition) is 4. The maximum Gasteiger partial charge on any atom is 0.138 e. The summed E-state index contributed by atoms with van der Waals surface area (Å²) >= 11 is 0. The Balaban J connectivity index is 1.78. The molecule has 0 radical (unpaired) electrons. The smallest absolute Gasteiger partial charge is 0.138 e. The zero-order valence-corrected chi connectivity index (χ0v) is 14.1. The van der Waals surface area contributed by atoms with E-state index in [1.165, 1.54) is 0 Å². The van der Waals surface area contributed by atoms with Crippen molar-refractivity contribution in [2.24, 2.45) is 0 Å². The molecule has 1 unspecified atom stereocenters. The predicted molar refractivity (Wildman–Crippen MR) is 92.7 cm³/mol. The number of aromatic amines is 1. The summed E-state index contributed by atoms with van der Waals surface area (Å²) in [7, 11) is 0. The van der Waals surface area contributed by atoms with Crippen molar-refractivity contribution >= 4 is 11.0 Å². The van der Waals surface area contributed by atoms with E-state index in [9.17, 15) is 10.4 Å². The van der Waals surface area contributed by atoms with Crippen LogP contribution in [0.4, 0.5) is 0 Å². The maximum absolute atomic E-state index is 11.3. The van der Waals surface area contributed by atoms with E-state index in [4.69, 9.17) is 5.10 Å². The van der Waals surface area contributed by atoms with Gasteiger partial charge in [-0.3, -0.25) is 4.68 Å². The first-order chi connectivity index (χ1) is 12.1. The number of nitriles is 1. The maximum atomic E-state index is 11.3. The molecule has 2 N–H and O–H groups in total. The number of nitrogens with one attached hydrogen (secondary N) is 1. The average molecular weight is 333 g/mol. The molecule has 0 bridgehead atoms. The van der Waals surface area contributed by atoms with Crippen molar-refractivity contribution in [3.8, 4) is 17.2 Å². The largest absolute Gasteiger partial charge is 0.379 e. The van der Waals surface area contributed by atoms with Crippen molar-refractivity contribution in [2.45, 2.75) is 50.2 Å². The molecule has 25 heavy (non-hydrogen) atoms. The van der Waals surface area contributed by atoms with Crippen LogP contribution in [0, 0.1) is 11.3 Å². The van der Waals surface area contributed by atoms with Crippen molar-refractivity contribution in [3.05, 3.63) is 35.9 Å². The van der Waals surface area contributed by atoms with Crippen LogP contribution in [0.1, 0.15) is 50.3 Å². The first-order valence-corrected chi connectivity index (χ1v) is 8.74. The summed E-state index contributed by atoms with van der Waals surface area (Å²) in [6.07, 6.45) is 10.2. The van der Waals surface area contributed by atoms with Gasteiger partial charge in [-0.15, -0.1) is 0 Å². The molecule has 1 atom stereocenters. The van der Waals surface area contributed by atoms with Gasteiger partial charge in [0.1, 0.15) is 16.9 Å². The van der Waals surface area contributed by atoms with E-state index in [2.05, 4.69) is 16.0 Å². The third-order valence-electron chi connectivity index (χ3n) is 5.99. The number of hydrogen-bond donors (Lipinski definition) is 2. The molecule has 1 saturated carbocycles. The summed E-state index contributed by atoms with van der Waals surface area (Å²) in [6.45, 7) is 1.79. The van der Waals surface area contributed by atoms with Crippen LogP contribution in [0.3, 0.4) is 0 Å². The van der Waals surface area contributed by atoms with E-state index in [0.29, 0.717) is 12.1 Å². The van der Waals surface area contributed by atoms with Gasteiger partial charge in [-0.2, -0.15) is 10.4 Å². The minimum absolute atomic E-state index is 0.246. The molecule has 0 aliphatic heterocycles. The zero-order chi connectivity index (χ0) is 17.2. The molecule has 2 aliphatic carbocycles. The Morgan fingerprint density at radius 2 is 2.16 bits per heavy atom. The second-order valence-corrected chi connectivity index (χ2v) is 7.46. The molecule has 0 spiro atoms. The van der Waals surface area contributed by atoms with Gasteiger partial charge in [-0.1, -0.05) is 12.8 Å². The molecule has 6 heteroatoms. The molecule has 0 amide bonds. The van der Waals surface area contributed by atoms with E-state index in [0.717, 1.165) is 53.4 Å². The van der Waals surface area contributed by atoms with Crippen LogP contribution in [-0.2, 0) is 11.1 Å². The van der Waals surface area contributed by atoms with Gasteiger partial charge >= 0.3 is 0 Å². The molecule has 1 fully saturated rings. The molecular weight excluding hydrogens is 314 g/mol. The van der Waals surface area contributed by atoms with Crippen molar-refractivity contribution in [1.82, 2.24) is 19.7 Å². The van der Waals surface area contributed by atoms with Gasteiger partial charge < -0.3 is 10.1 Å². The Kier molecular flexibility index (Phi) is 2.76. The Hall–Kier alpha value is -2.65. The van der Waals surface area contributed by atoms with Gasteiger partial charge in [0.15, 0.2) is 0 Å². The molecule has 6 nitrogen and oxygen atoms in total. The SMILES string of the molecule is CC1(O)c2nn(C3(CC#N)CCCC3)cc2-c2ccnc3[nH]cc1c23. The first-order valence-electron chi connectivity index (χ1n) is 8.74. The van der Waals surface area contributed by atoms with Crippen LogP contribution in [0.5, 0.6) is 0 Å². The Bertz CT molecular complexity index is 1030. The minimum atomic E-state index is -1.18. The zero-order valence-electron chi connectivity index (χ0n) is 14.1. The van der Waals surface area contributed by atoms with E-state index < -0.39 is 5.60 Å². The highest BCUT2D eigenvalue weighted by atomic mass is 16.3. The second kappa shape index (κ2) is 4.70. The normalized spacial score (nSPS) is 23.6. The molecule has 0 saturated heterocycles. The Labute approximate surface area is 145 Å². The number of fused-ring (bicyclic) bond motifs is 2. The van der Waals surface area contributed by atoms with Crippen LogP contribution in [0.25, 0.3) is 22.2 Å². The highest BCUT2D eigenvalue weighted by molar-refractivity contribution is 5.99. The lowest BCUT2D eigenvalue weighted by atomic mass is 9.82. The monoisotopic (exact) mass is 333 g/mol. The van der Waals surface area contributed by atoms with Gasteiger partial charge in [0.05, 0.1) is 18.0 Å². The number of H-pyrrole nitrogens is 1. The molecule has 126 valence electrons. The third-order valence-corrected chi connectivity index (χ3v) is 5.99. The predicted octanol–water partition coefficient (Wildman–Crippen LogP) is 3.18. The van der Waals surface area contributed by atoms with Gasteiger partial charge in [0.2, 0.25) is 0 Å². The van der Waals surface area contributed by atoms with Crippen LogP contribution in [0.2, 0.25) is 0 Å². The lowest BCUT2D eigenvalue weighted by Gasteiger charge is -2.28. The first kappa shape index (κ1) is 14.7. The summed E-state index contributed by atoms with van der Waals surface area (Å²) in [5.74, 6) is 0. The number of aromatic nitrogens is 4. The fourth-order valence-electron chi connectivity index (χ4n) is 4.63. The van der Waals surface area contributed by atoms with E-state index in [1.807, 2.05) is 23.1 Å². The van der Waals surface area contributed by atoms with Gasteiger partial charge in [0, 0.05) is 35.1 Å². The van der Waals surface area contributed by atoms with Crippen molar-refractivity contribution in [1.29, 1.82) is 5.26 Å². The van der Waals surface area contributed by atoms with E-state index in [1.54, 1.807) is 13.1 Å². The second-order valence-electron chi connectivity index (χ2n) is 7.46. The van der Waals surface area contributed by atoms with Gasteiger partial charge in [-0.05, 0) is 31.4 Å². The fraction of sp³-hybridized carbons (Fsp3) is 0.421. The lowest BCUT2D eigenvalue weighted by Crippen LogP contribution is -2.32. The highest BCUT2D eigenvalue weighted by Crippen LogP contribution is 2.48. The quantitative estimate of drug-likeness (QED) is 0.753. The van der Waals surface area contributed by atoms with E-state index >= 15 is 0 Å². The lowest BCUT2D eigenvalue weighted by molar-refractivity contribution is 0.0963. The summed E-state index contributed by atoms with van der Waals surface area (Å²) in [5, 5.41) is 26.4. The Morgan fingerprint density at radius 1 is 1.36 bits per heavy atom. The average Bonchev–Trinajstić information content (AvgIpc) is 3.32. The fourth-order valence-corrected chi connectivity index (χ4v) is 4.63. The van der Waals surface area contributed by atoms with Crippen LogP contribution in [0.15, 0.2) is 24.7 Å². The highest BCUT2D eigenvalue weighted by Gasteiger charge is 2.43. The topological polar surface area (TPSA) is 90.5 Å². The molecule has 3 aromatic rings.